The van der Waals surface area contributed by atoms with Crippen LogP contribution < -0.4 is 9.47 Å². The molecule has 1 atom stereocenters. The molecule has 31 heavy (non-hydrogen) atoms. The van der Waals surface area contributed by atoms with E-state index in [9.17, 15) is 14.7 Å². The SMILES string of the molecule is CN(C)CCN1C(=O)C(=O)/C(=C(/O)c2ccc3c(c2)OCCO3)C1c1cccc(Cl)c1. The number of benzene rings is 2. The van der Waals surface area contributed by atoms with Crippen LogP contribution in [-0.2, 0) is 9.59 Å². The number of aliphatic hydroxyl groups excluding tert-OH is 1. The highest BCUT2D eigenvalue weighted by molar-refractivity contribution is 6.46. The molecule has 0 spiro atoms. The number of carbonyl (C=O) groups is 2. The van der Waals surface area contributed by atoms with Crippen molar-refractivity contribution in [2.24, 2.45) is 0 Å². The molecule has 2 aliphatic heterocycles. The van der Waals surface area contributed by atoms with Gasteiger partial charge in [0.15, 0.2) is 11.5 Å². The zero-order chi connectivity index (χ0) is 22.1. The highest BCUT2D eigenvalue weighted by atomic mass is 35.5. The van der Waals surface area contributed by atoms with Gasteiger partial charge < -0.3 is 24.4 Å². The summed E-state index contributed by atoms with van der Waals surface area (Å²) in [6.45, 7) is 1.74. The van der Waals surface area contributed by atoms with Crippen LogP contribution in [-0.4, -0.2) is 67.0 Å². The zero-order valence-electron chi connectivity index (χ0n) is 17.3. The second kappa shape index (κ2) is 8.61. The normalized spacial score (nSPS) is 19.9. The third-order valence-electron chi connectivity index (χ3n) is 5.31. The Labute approximate surface area is 185 Å². The topological polar surface area (TPSA) is 79.3 Å². The summed E-state index contributed by atoms with van der Waals surface area (Å²) in [7, 11) is 3.78. The maximum atomic E-state index is 13.0. The lowest BCUT2D eigenvalue weighted by Gasteiger charge is -2.26. The van der Waals surface area contributed by atoms with Gasteiger partial charge in [0.05, 0.1) is 11.6 Å². The Hall–Kier alpha value is -3.03. The van der Waals surface area contributed by atoms with Gasteiger partial charge in [-0.05, 0) is 50.0 Å². The number of fused-ring (bicyclic) bond motifs is 1. The molecule has 4 rings (SSSR count). The second-order valence-corrected chi connectivity index (χ2v) is 8.15. The molecule has 2 heterocycles. The Morgan fingerprint density at radius 2 is 1.87 bits per heavy atom. The number of ether oxygens (including phenoxy) is 2. The zero-order valence-corrected chi connectivity index (χ0v) is 18.1. The maximum Gasteiger partial charge on any atom is 0.295 e. The van der Waals surface area contributed by atoms with E-state index < -0.39 is 17.7 Å². The van der Waals surface area contributed by atoms with Crippen molar-refractivity contribution in [1.29, 1.82) is 0 Å². The molecule has 1 saturated heterocycles. The van der Waals surface area contributed by atoms with E-state index in [0.717, 1.165) is 0 Å². The summed E-state index contributed by atoms with van der Waals surface area (Å²) in [4.78, 5) is 29.3. The van der Waals surface area contributed by atoms with Gasteiger partial charge in [-0.1, -0.05) is 23.7 Å². The fourth-order valence-electron chi connectivity index (χ4n) is 3.79. The minimum atomic E-state index is -0.744. The Morgan fingerprint density at radius 3 is 2.58 bits per heavy atom. The minimum Gasteiger partial charge on any atom is -0.507 e. The molecule has 2 aromatic carbocycles. The van der Waals surface area contributed by atoms with Crippen molar-refractivity contribution in [1.82, 2.24) is 9.80 Å². The van der Waals surface area contributed by atoms with Gasteiger partial charge in [0.2, 0.25) is 0 Å². The molecule has 1 unspecified atom stereocenters. The number of ketones is 1. The molecule has 7 nitrogen and oxygen atoms in total. The summed E-state index contributed by atoms with van der Waals surface area (Å²) in [5.41, 5.74) is 1.06. The van der Waals surface area contributed by atoms with Gasteiger partial charge in [-0.25, -0.2) is 0 Å². The first-order valence-electron chi connectivity index (χ1n) is 9.95. The quantitative estimate of drug-likeness (QED) is 0.435. The molecule has 1 amide bonds. The monoisotopic (exact) mass is 442 g/mol. The Balaban J connectivity index is 1.83. The van der Waals surface area contributed by atoms with Crippen LogP contribution in [0.5, 0.6) is 11.5 Å². The van der Waals surface area contributed by atoms with Crippen molar-refractivity contribution in [3.63, 3.8) is 0 Å². The third kappa shape index (κ3) is 4.11. The summed E-state index contributed by atoms with van der Waals surface area (Å²) < 4.78 is 11.1. The Bertz CT molecular complexity index is 1070. The van der Waals surface area contributed by atoms with Crippen LogP contribution in [0.1, 0.15) is 17.2 Å². The number of likely N-dealkylation sites (N-methyl/N-ethyl adjacent to an activating group) is 1. The smallest absolute Gasteiger partial charge is 0.295 e. The number of hydrogen-bond donors (Lipinski definition) is 1. The van der Waals surface area contributed by atoms with Crippen molar-refractivity contribution in [2.75, 3.05) is 40.4 Å². The van der Waals surface area contributed by atoms with E-state index in [1.54, 1.807) is 42.5 Å². The summed E-state index contributed by atoms with van der Waals surface area (Å²) in [5.74, 6) is -0.577. The highest BCUT2D eigenvalue weighted by Gasteiger charge is 2.46. The molecule has 0 bridgehead atoms. The van der Waals surface area contributed by atoms with Crippen molar-refractivity contribution < 1.29 is 24.2 Å². The number of carbonyl (C=O) groups excluding carboxylic acids is 2. The fourth-order valence-corrected chi connectivity index (χ4v) is 3.99. The summed E-state index contributed by atoms with van der Waals surface area (Å²) >= 11 is 6.19. The highest BCUT2D eigenvalue weighted by Crippen LogP contribution is 2.41. The lowest BCUT2D eigenvalue weighted by molar-refractivity contribution is -0.140. The minimum absolute atomic E-state index is 0.0303. The molecule has 0 saturated carbocycles. The van der Waals surface area contributed by atoms with Crippen molar-refractivity contribution >= 4 is 29.1 Å². The number of hydrogen-bond acceptors (Lipinski definition) is 6. The van der Waals surface area contributed by atoms with E-state index in [0.29, 0.717) is 54.0 Å². The van der Waals surface area contributed by atoms with Crippen LogP contribution >= 0.6 is 11.6 Å². The largest absolute Gasteiger partial charge is 0.507 e. The molecular weight excluding hydrogens is 420 g/mol. The first kappa shape index (κ1) is 21.2. The van der Waals surface area contributed by atoms with Crippen molar-refractivity contribution in [3.05, 3.63) is 64.2 Å². The first-order valence-corrected chi connectivity index (χ1v) is 10.3. The standard InChI is InChI=1S/C23H23ClN2O5/c1-25(2)8-9-26-20(14-4-3-5-16(24)12-14)19(22(28)23(26)29)21(27)15-6-7-17-18(13-15)31-11-10-30-17/h3-7,12-13,20,27H,8-11H2,1-2H3/b21-19+. The van der Waals surface area contributed by atoms with E-state index in [4.69, 9.17) is 21.1 Å². The molecule has 8 heteroatoms. The van der Waals surface area contributed by atoms with E-state index >= 15 is 0 Å². The van der Waals surface area contributed by atoms with Gasteiger partial charge in [-0.15, -0.1) is 0 Å². The van der Waals surface area contributed by atoms with Gasteiger partial charge in [-0.2, -0.15) is 0 Å². The molecule has 1 N–H and O–H groups in total. The van der Waals surface area contributed by atoms with E-state index in [-0.39, 0.29) is 11.3 Å². The lowest BCUT2D eigenvalue weighted by Crippen LogP contribution is -2.35. The van der Waals surface area contributed by atoms with E-state index in [1.807, 2.05) is 19.0 Å². The predicted octanol–water partition coefficient (Wildman–Crippen LogP) is 3.09. The fraction of sp³-hybridized carbons (Fsp3) is 0.304. The number of nitrogens with zero attached hydrogens (tertiary/aromatic N) is 2. The number of rotatable bonds is 5. The van der Waals surface area contributed by atoms with Gasteiger partial charge in [-0.3, -0.25) is 9.59 Å². The van der Waals surface area contributed by atoms with Gasteiger partial charge in [0.25, 0.3) is 11.7 Å². The molecule has 0 aromatic heterocycles. The predicted molar refractivity (Wildman–Crippen MR) is 116 cm³/mol. The van der Waals surface area contributed by atoms with Crippen LogP contribution in [0.15, 0.2) is 48.0 Å². The number of aliphatic hydroxyl groups is 1. The van der Waals surface area contributed by atoms with Crippen LogP contribution in [0.3, 0.4) is 0 Å². The van der Waals surface area contributed by atoms with Crippen molar-refractivity contribution in [2.45, 2.75) is 6.04 Å². The lowest BCUT2D eigenvalue weighted by atomic mass is 9.95. The van der Waals surface area contributed by atoms with E-state index in [2.05, 4.69) is 0 Å². The first-order chi connectivity index (χ1) is 14.9. The number of Topliss-reactive ketones (excluding diaryl/α,β-unsaturated/α-hetero) is 1. The summed E-state index contributed by atoms with van der Waals surface area (Å²) in [5, 5.41) is 11.6. The number of likely N-dealkylation sites (tertiary alicyclic amines) is 1. The van der Waals surface area contributed by atoms with Crippen LogP contribution in [0.25, 0.3) is 5.76 Å². The average Bonchev–Trinajstić information content (AvgIpc) is 3.01. The average molecular weight is 443 g/mol. The molecule has 2 aromatic rings. The van der Waals surface area contributed by atoms with Gasteiger partial charge >= 0.3 is 0 Å². The van der Waals surface area contributed by atoms with E-state index in [1.165, 1.54) is 4.90 Å². The summed E-state index contributed by atoms with van der Waals surface area (Å²) in [6.07, 6.45) is 0. The molecule has 2 aliphatic rings. The molecule has 0 aliphatic carbocycles. The Kier molecular flexibility index (Phi) is 5.89. The third-order valence-corrected chi connectivity index (χ3v) is 5.54. The maximum absolute atomic E-state index is 13.0. The van der Waals surface area contributed by atoms with Crippen LogP contribution in [0.2, 0.25) is 5.02 Å². The number of halogens is 1. The Morgan fingerprint density at radius 1 is 1.13 bits per heavy atom. The van der Waals surface area contributed by atoms with Crippen LogP contribution in [0, 0.1) is 0 Å². The molecule has 1 fully saturated rings. The van der Waals surface area contributed by atoms with Gasteiger partial charge in [0, 0.05) is 23.7 Å². The molecule has 0 radical (unpaired) electrons. The number of amides is 1. The van der Waals surface area contributed by atoms with Crippen LogP contribution in [0.4, 0.5) is 0 Å². The molecule has 162 valence electrons. The molecular formula is C23H23ClN2O5. The second-order valence-electron chi connectivity index (χ2n) is 7.71. The summed E-state index contributed by atoms with van der Waals surface area (Å²) in [6, 6.07) is 11.2. The van der Waals surface area contributed by atoms with Gasteiger partial charge in [0.1, 0.15) is 19.0 Å². The van der Waals surface area contributed by atoms with Crippen molar-refractivity contribution in [3.8, 4) is 11.5 Å².